The number of amides is 2. The largest absolute Gasteiger partial charge is 0.366 e. The number of hydrogen-bond acceptors (Lipinski definition) is 4. The standard InChI is InChI=1S/C25H25F3N4O3/c26-18-7-16(8-19(27)11-18)21-5-6-35-32(21)25(34)15-3-1-14(2-4-15)12-31-13-30-23-20(28)9-17(24(29)33)10-22(23)31/h7-11,13-15,21H,1-6,12H2,(H2,29,33)/t14-,15-,21-/m0/s1. The topological polar surface area (TPSA) is 90.5 Å². The van der Waals surface area contributed by atoms with Crippen LogP contribution in [0.15, 0.2) is 36.7 Å². The van der Waals surface area contributed by atoms with Crippen LogP contribution in [-0.2, 0) is 16.2 Å². The number of fused-ring (bicyclic) bond motifs is 1. The molecule has 10 heteroatoms. The van der Waals surface area contributed by atoms with Gasteiger partial charge in [-0.05, 0) is 61.4 Å². The number of primary amides is 1. The molecule has 5 rings (SSSR count). The Labute approximate surface area is 199 Å². The molecule has 1 aliphatic carbocycles. The average molecular weight is 486 g/mol. The van der Waals surface area contributed by atoms with Crippen LogP contribution in [0.4, 0.5) is 13.2 Å². The van der Waals surface area contributed by atoms with Gasteiger partial charge in [-0.3, -0.25) is 14.4 Å². The Balaban J connectivity index is 1.24. The molecule has 2 amide bonds. The maximum absolute atomic E-state index is 14.3. The Morgan fingerprint density at radius 2 is 1.71 bits per heavy atom. The van der Waals surface area contributed by atoms with Crippen molar-refractivity contribution < 1.29 is 27.6 Å². The van der Waals surface area contributed by atoms with Gasteiger partial charge in [0.05, 0.1) is 24.5 Å². The van der Waals surface area contributed by atoms with Gasteiger partial charge in [-0.25, -0.2) is 23.2 Å². The summed E-state index contributed by atoms with van der Waals surface area (Å²) in [6, 6.07) is 5.40. The lowest BCUT2D eigenvalue weighted by molar-refractivity contribution is -0.183. The summed E-state index contributed by atoms with van der Waals surface area (Å²) in [5.74, 6) is -2.85. The summed E-state index contributed by atoms with van der Waals surface area (Å²) in [4.78, 5) is 34.4. The number of hydroxylamine groups is 2. The molecule has 2 heterocycles. The van der Waals surface area contributed by atoms with E-state index in [0.29, 0.717) is 43.5 Å². The number of benzene rings is 2. The third kappa shape index (κ3) is 4.62. The molecule has 3 aromatic rings. The van der Waals surface area contributed by atoms with Crippen molar-refractivity contribution in [3.63, 3.8) is 0 Å². The number of hydrogen-bond donors (Lipinski definition) is 1. The van der Waals surface area contributed by atoms with E-state index in [1.807, 2.05) is 4.57 Å². The number of halogens is 3. The Bertz CT molecular complexity index is 1270. The molecule has 1 aliphatic heterocycles. The molecule has 7 nitrogen and oxygen atoms in total. The Morgan fingerprint density at radius 1 is 1.00 bits per heavy atom. The molecule has 1 atom stereocenters. The van der Waals surface area contributed by atoms with E-state index in [-0.39, 0.29) is 28.8 Å². The highest BCUT2D eigenvalue weighted by Gasteiger charge is 2.37. The van der Waals surface area contributed by atoms with Crippen LogP contribution in [0.2, 0.25) is 0 Å². The van der Waals surface area contributed by atoms with Crippen molar-refractivity contribution in [2.45, 2.75) is 44.7 Å². The first-order valence-electron chi connectivity index (χ1n) is 11.7. The van der Waals surface area contributed by atoms with Gasteiger partial charge in [0, 0.05) is 30.5 Å². The van der Waals surface area contributed by atoms with E-state index in [2.05, 4.69) is 4.98 Å². The molecule has 2 N–H and O–H groups in total. The first-order valence-corrected chi connectivity index (χ1v) is 11.7. The van der Waals surface area contributed by atoms with Gasteiger partial charge in [-0.15, -0.1) is 0 Å². The third-order valence-corrected chi connectivity index (χ3v) is 7.01. The van der Waals surface area contributed by atoms with Crippen molar-refractivity contribution in [1.82, 2.24) is 14.6 Å². The van der Waals surface area contributed by atoms with Gasteiger partial charge in [0.1, 0.15) is 17.2 Å². The SMILES string of the molecule is NC(=O)c1cc(F)c2ncn(C[C@H]3CC[C@H](C(=O)N4OCC[C@H]4c4cc(F)cc(F)c4)CC3)c2c1. The van der Waals surface area contributed by atoms with E-state index in [9.17, 15) is 22.8 Å². The molecule has 2 fully saturated rings. The zero-order chi connectivity index (χ0) is 24.7. The van der Waals surface area contributed by atoms with Crippen LogP contribution in [0, 0.1) is 29.3 Å². The molecule has 184 valence electrons. The number of rotatable bonds is 5. The number of imidazole rings is 1. The van der Waals surface area contributed by atoms with E-state index in [4.69, 9.17) is 10.6 Å². The summed E-state index contributed by atoms with van der Waals surface area (Å²) < 4.78 is 43.5. The molecule has 35 heavy (non-hydrogen) atoms. The summed E-state index contributed by atoms with van der Waals surface area (Å²) in [6.45, 7) is 0.881. The van der Waals surface area contributed by atoms with Gasteiger partial charge in [0.15, 0.2) is 5.82 Å². The molecule has 2 aliphatic rings. The average Bonchev–Trinajstić information content (AvgIpc) is 3.46. The normalized spacial score (nSPS) is 22.6. The second-order valence-electron chi connectivity index (χ2n) is 9.31. The van der Waals surface area contributed by atoms with Crippen molar-refractivity contribution in [2.75, 3.05) is 6.61 Å². The molecule has 1 saturated heterocycles. The smallest absolute Gasteiger partial charge is 0.249 e. The van der Waals surface area contributed by atoms with Crippen molar-refractivity contribution in [2.24, 2.45) is 17.6 Å². The van der Waals surface area contributed by atoms with Crippen LogP contribution in [0.25, 0.3) is 11.0 Å². The van der Waals surface area contributed by atoms with E-state index in [1.54, 1.807) is 12.4 Å². The van der Waals surface area contributed by atoms with E-state index in [0.717, 1.165) is 25.0 Å². The maximum Gasteiger partial charge on any atom is 0.249 e. The first-order chi connectivity index (χ1) is 16.8. The molecule has 0 radical (unpaired) electrons. The Kier molecular flexibility index (Phi) is 6.22. The quantitative estimate of drug-likeness (QED) is 0.583. The van der Waals surface area contributed by atoms with Gasteiger partial charge in [0.25, 0.3) is 0 Å². The highest BCUT2D eigenvalue weighted by atomic mass is 19.1. The third-order valence-electron chi connectivity index (χ3n) is 7.01. The molecule has 1 aromatic heterocycles. The number of carbonyl (C=O) groups excluding carboxylic acids is 2. The lowest BCUT2D eigenvalue weighted by Gasteiger charge is -2.32. The number of carbonyl (C=O) groups is 2. The second-order valence-corrected chi connectivity index (χ2v) is 9.31. The second kappa shape index (κ2) is 9.33. The first kappa shape index (κ1) is 23.3. The Morgan fingerprint density at radius 3 is 2.40 bits per heavy atom. The minimum Gasteiger partial charge on any atom is -0.366 e. The fraction of sp³-hybridized carbons (Fsp3) is 0.400. The van der Waals surface area contributed by atoms with Gasteiger partial charge >= 0.3 is 0 Å². The van der Waals surface area contributed by atoms with Crippen LogP contribution >= 0.6 is 0 Å². The van der Waals surface area contributed by atoms with Gasteiger partial charge < -0.3 is 10.3 Å². The minimum absolute atomic E-state index is 0.0874. The van der Waals surface area contributed by atoms with Crippen LogP contribution in [0.1, 0.15) is 54.1 Å². The summed E-state index contributed by atoms with van der Waals surface area (Å²) in [6.07, 6.45) is 4.84. The molecule has 0 unspecified atom stereocenters. The zero-order valence-electron chi connectivity index (χ0n) is 18.9. The molecule has 0 bridgehead atoms. The van der Waals surface area contributed by atoms with Crippen LogP contribution in [-0.4, -0.2) is 33.0 Å². The molecule has 2 aromatic carbocycles. The lowest BCUT2D eigenvalue weighted by atomic mass is 9.81. The summed E-state index contributed by atoms with van der Waals surface area (Å²) in [5, 5.41) is 1.29. The van der Waals surface area contributed by atoms with E-state index in [1.165, 1.54) is 17.2 Å². The predicted molar refractivity (Wildman–Crippen MR) is 120 cm³/mol. The Hall–Kier alpha value is -3.40. The fourth-order valence-electron chi connectivity index (χ4n) is 5.22. The van der Waals surface area contributed by atoms with Gasteiger partial charge in [-0.2, -0.15) is 0 Å². The molecular weight excluding hydrogens is 461 g/mol. The van der Waals surface area contributed by atoms with Gasteiger partial charge in [-0.1, -0.05) is 0 Å². The number of aromatic nitrogens is 2. The fourth-order valence-corrected chi connectivity index (χ4v) is 5.22. The van der Waals surface area contributed by atoms with Crippen molar-refractivity contribution in [1.29, 1.82) is 0 Å². The molecule has 0 spiro atoms. The van der Waals surface area contributed by atoms with Crippen LogP contribution in [0.3, 0.4) is 0 Å². The molecular formula is C25H25F3N4O3. The predicted octanol–water partition coefficient (Wildman–Crippen LogP) is 4.26. The summed E-state index contributed by atoms with van der Waals surface area (Å²) >= 11 is 0. The highest BCUT2D eigenvalue weighted by Crippen LogP contribution is 2.37. The highest BCUT2D eigenvalue weighted by molar-refractivity contribution is 5.96. The maximum atomic E-state index is 14.3. The van der Waals surface area contributed by atoms with Crippen molar-refractivity contribution in [3.05, 3.63) is 65.2 Å². The summed E-state index contributed by atoms with van der Waals surface area (Å²) in [7, 11) is 0. The molecule has 1 saturated carbocycles. The van der Waals surface area contributed by atoms with Gasteiger partial charge in [0.2, 0.25) is 11.8 Å². The van der Waals surface area contributed by atoms with Crippen molar-refractivity contribution in [3.8, 4) is 0 Å². The number of nitrogens with zero attached hydrogens (tertiary/aromatic N) is 3. The zero-order valence-corrected chi connectivity index (χ0v) is 18.9. The van der Waals surface area contributed by atoms with Crippen molar-refractivity contribution >= 4 is 22.8 Å². The number of nitrogens with two attached hydrogens (primary N) is 1. The van der Waals surface area contributed by atoms with E-state index >= 15 is 0 Å². The lowest BCUT2D eigenvalue weighted by Crippen LogP contribution is -2.37. The van der Waals surface area contributed by atoms with E-state index < -0.39 is 29.4 Å². The van der Waals surface area contributed by atoms with Crippen LogP contribution in [0.5, 0.6) is 0 Å². The summed E-state index contributed by atoms with van der Waals surface area (Å²) in [5.41, 5.74) is 6.48. The monoisotopic (exact) mass is 486 g/mol. The minimum atomic E-state index is -0.707. The van der Waals surface area contributed by atoms with Crippen LogP contribution < -0.4 is 5.73 Å².